The van der Waals surface area contributed by atoms with Gasteiger partial charge in [-0.2, -0.15) is 18.4 Å². The number of likely N-dealkylation sites (tertiary alicyclic amines) is 1. The largest absolute Gasteiger partial charge is 0.491 e. The predicted molar refractivity (Wildman–Crippen MR) is 148 cm³/mol. The Morgan fingerprint density at radius 3 is 2.67 bits per heavy atom. The molecular formula is C29H34F4N4O2Si. The third kappa shape index (κ3) is 5.99. The van der Waals surface area contributed by atoms with Crippen LogP contribution in [0.1, 0.15) is 23.7 Å². The maximum absolute atomic E-state index is 14.2. The maximum Gasteiger partial charge on any atom is 0.431 e. The molecule has 0 spiro atoms. The van der Waals surface area contributed by atoms with Crippen LogP contribution in [0.2, 0.25) is 25.7 Å². The first-order valence-electron chi connectivity index (χ1n) is 13.5. The molecule has 214 valence electrons. The van der Waals surface area contributed by atoms with Crippen molar-refractivity contribution in [1.82, 2.24) is 9.47 Å². The van der Waals surface area contributed by atoms with Crippen LogP contribution >= 0.6 is 0 Å². The molecule has 0 unspecified atom stereocenters. The maximum atomic E-state index is 14.2. The molecular weight excluding hydrogens is 540 g/mol. The van der Waals surface area contributed by atoms with Gasteiger partial charge >= 0.3 is 6.18 Å². The molecule has 1 aromatic heterocycles. The van der Waals surface area contributed by atoms with Crippen molar-refractivity contribution in [2.75, 3.05) is 31.6 Å². The fraction of sp³-hybridized carbons (Fsp3) is 0.483. The molecule has 5 rings (SSSR count). The van der Waals surface area contributed by atoms with E-state index in [0.717, 1.165) is 18.0 Å². The van der Waals surface area contributed by atoms with E-state index in [0.29, 0.717) is 42.0 Å². The SMILES string of the molecule is C[Si](C)(C)CCOCn1c(C(F)(F)F)cc2c(N[C@H]3c4ccc(F)cc4OC[C@@H]3N3CC[C@H](C#N)C3)cccc21. The third-order valence-corrected chi connectivity index (χ3v) is 9.44. The molecule has 1 N–H and O–H groups in total. The number of rotatable bonds is 8. The fourth-order valence-electron chi connectivity index (χ4n) is 5.54. The number of hydrogen-bond acceptors (Lipinski definition) is 5. The van der Waals surface area contributed by atoms with Crippen LogP contribution < -0.4 is 10.1 Å². The number of hydrogen-bond donors (Lipinski definition) is 1. The van der Waals surface area contributed by atoms with Gasteiger partial charge in [-0.05, 0) is 36.7 Å². The fourth-order valence-corrected chi connectivity index (χ4v) is 6.30. The summed E-state index contributed by atoms with van der Waals surface area (Å²) in [7, 11) is -1.40. The summed E-state index contributed by atoms with van der Waals surface area (Å²) >= 11 is 0. The highest BCUT2D eigenvalue weighted by molar-refractivity contribution is 6.76. The lowest BCUT2D eigenvalue weighted by atomic mass is 9.94. The molecule has 0 aliphatic carbocycles. The standard InChI is InChI=1S/C29H34F4N4O2Si/c1-40(2,3)12-11-38-18-37-24-6-4-5-23(22(24)14-27(37)29(31,32)33)35-28-21-8-7-20(30)13-26(21)39-17-25(28)36-10-9-19(15-34)16-36/h4-8,13-14,19,25,28,35H,9-12,16-18H2,1-3H3/t19-,25+,28+/m1/s1. The molecule has 1 saturated heterocycles. The van der Waals surface area contributed by atoms with Crippen molar-refractivity contribution < 1.29 is 27.0 Å². The van der Waals surface area contributed by atoms with Gasteiger partial charge in [0.1, 0.15) is 30.6 Å². The molecule has 2 aromatic carbocycles. The lowest BCUT2D eigenvalue weighted by molar-refractivity contribution is -0.145. The summed E-state index contributed by atoms with van der Waals surface area (Å²) in [5.41, 5.74) is 0.901. The van der Waals surface area contributed by atoms with Crippen molar-refractivity contribution in [3.05, 3.63) is 59.5 Å². The number of ether oxygens (including phenoxy) is 2. The molecule has 0 amide bonds. The molecule has 6 nitrogen and oxygen atoms in total. The average Bonchev–Trinajstić information content (AvgIpc) is 3.51. The highest BCUT2D eigenvalue weighted by Gasteiger charge is 2.40. The van der Waals surface area contributed by atoms with Crippen LogP contribution in [0.3, 0.4) is 0 Å². The third-order valence-electron chi connectivity index (χ3n) is 7.74. The Bertz CT molecular complexity index is 1410. The molecule has 0 radical (unpaired) electrons. The van der Waals surface area contributed by atoms with E-state index in [2.05, 4.69) is 35.9 Å². The number of nitriles is 1. The Morgan fingerprint density at radius 1 is 1.18 bits per heavy atom. The van der Waals surface area contributed by atoms with E-state index >= 15 is 0 Å². The minimum Gasteiger partial charge on any atom is -0.491 e. The monoisotopic (exact) mass is 574 g/mol. The number of aromatic nitrogens is 1. The lowest BCUT2D eigenvalue weighted by Crippen LogP contribution is -2.47. The summed E-state index contributed by atoms with van der Waals surface area (Å²) in [5.74, 6) is -0.117. The van der Waals surface area contributed by atoms with Gasteiger partial charge in [-0.3, -0.25) is 4.90 Å². The summed E-state index contributed by atoms with van der Waals surface area (Å²) in [6, 6.07) is 13.3. The second-order valence-corrected chi connectivity index (χ2v) is 17.5. The molecule has 1 fully saturated rings. The van der Waals surface area contributed by atoms with Crippen LogP contribution in [0.25, 0.3) is 10.9 Å². The van der Waals surface area contributed by atoms with Crippen molar-refractivity contribution in [3.63, 3.8) is 0 Å². The van der Waals surface area contributed by atoms with Crippen LogP contribution in [0.4, 0.5) is 23.2 Å². The van der Waals surface area contributed by atoms with Crippen molar-refractivity contribution >= 4 is 24.7 Å². The Kier molecular flexibility index (Phi) is 7.87. The summed E-state index contributed by atoms with van der Waals surface area (Å²) in [5, 5.41) is 13.4. The second kappa shape index (κ2) is 11.1. The average molecular weight is 575 g/mol. The molecule has 0 bridgehead atoms. The second-order valence-electron chi connectivity index (χ2n) is 11.8. The first kappa shape index (κ1) is 28.5. The van der Waals surface area contributed by atoms with Crippen LogP contribution in [-0.2, 0) is 17.6 Å². The quantitative estimate of drug-likeness (QED) is 0.181. The number of alkyl halides is 3. The smallest absolute Gasteiger partial charge is 0.431 e. The predicted octanol–water partition coefficient (Wildman–Crippen LogP) is 6.87. The summed E-state index contributed by atoms with van der Waals surface area (Å²) in [6.07, 6.45) is -3.83. The van der Waals surface area contributed by atoms with Crippen LogP contribution in [-0.4, -0.2) is 49.9 Å². The van der Waals surface area contributed by atoms with Gasteiger partial charge in [0.2, 0.25) is 0 Å². The van der Waals surface area contributed by atoms with Gasteiger partial charge in [-0.15, -0.1) is 0 Å². The Balaban J connectivity index is 1.51. The molecule has 0 saturated carbocycles. The number of fused-ring (bicyclic) bond motifs is 2. The first-order chi connectivity index (χ1) is 18.9. The van der Waals surface area contributed by atoms with Crippen molar-refractivity contribution in [2.24, 2.45) is 5.92 Å². The highest BCUT2D eigenvalue weighted by Crippen LogP contribution is 2.41. The van der Waals surface area contributed by atoms with Crippen LogP contribution in [0, 0.1) is 23.1 Å². The number of nitrogens with zero attached hydrogens (tertiary/aromatic N) is 3. The van der Waals surface area contributed by atoms with Gasteiger partial charge in [-0.25, -0.2) is 4.39 Å². The summed E-state index contributed by atoms with van der Waals surface area (Å²) < 4.78 is 69.4. The van der Waals surface area contributed by atoms with Gasteiger partial charge in [0.05, 0.1) is 29.6 Å². The van der Waals surface area contributed by atoms with Crippen LogP contribution in [0.15, 0.2) is 42.5 Å². The lowest BCUT2D eigenvalue weighted by Gasteiger charge is -2.39. The van der Waals surface area contributed by atoms with E-state index in [9.17, 15) is 22.8 Å². The molecule has 40 heavy (non-hydrogen) atoms. The van der Waals surface area contributed by atoms with E-state index in [-0.39, 0.29) is 25.3 Å². The Morgan fingerprint density at radius 2 is 1.98 bits per heavy atom. The molecule has 3 aromatic rings. The highest BCUT2D eigenvalue weighted by atomic mass is 28.3. The first-order valence-corrected chi connectivity index (χ1v) is 17.2. The number of halogens is 4. The van der Waals surface area contributed by atoms with E-state index < -0.39 is 31.8 Å². The summed E-state index contributed by atoms with van der Waals surface area (Å²) in [4.78, 5) is 2.18. The number of benzene rings is 2. The molecule has 3 heterocycles. The number of anilines is 1. The minimum absolute atomic E-state index is 0.0944. The Labute approximate surface area is 232 Å². The molecule has 2 aliphatic rings. The zero-order chi connectivity index (χ0) is 28.7. The Hall–Kier alpha value is -3.07. The van der Waals surface area contributed by atoms with E-state index in [1.54, 1.807) is 24.3 Å². The normalized spacial score (nSPS) is 21.7. The molecule has 11 heteroatoms. The van der Waals surface area contributed by atoms with Gasteiger partial charge < -0.3 is 19.4 Å². The minimum atomic E-state index is -4.56. The van der Waals surface area contributed by atoms with Gasteiger partial charge in [0.15, 0.2) is 0 Å². The molecule has 2 aliphatic heterocycles. The zero-order valence-corrected chi connectivity index (χ0v) is 23.9. The van der Waals surface area contributed by atoms with Crippen LogP contribution in [0.5, 0.6) is 5.75 Å². The summed E-state index contributed by atoms with van der Waals surface area (Å²) in [6.45, 7) is 8.33. The topological polar surface area (TPSA) is 62.5 Å². The van der Waals surface area contributed by atoms with E-state index in [1.165, 1.54) is 22.8 Å². The molecule has 3 atom stereocenters. The van der Waals surface area contributed by atoms with E-state index in [4.69, 9.17) is 9.47 Å². The van der Waals surface area contributed by atoms with Crippen molar-refractivity contribution in [1.29, 1.82) is 5.26 Å². The van der Waals surface area contributed by atoms with Gasteiger partial charge in [-0.1, -0.05) is 31.8 Å². The van der Waals surface area contributed by atoms with E-state index in [1.807, 2.05) is 0 Å². The zero-order valence-electron chi connectivity index (χ0n) is 22.9. The van der Waals surface area contributed by atoms with Gasteiger partial charge in [0, 0.05) is 50.5 Å². The van der Waals surface area contributed by atoms with Gasteiger partial charge in [0.25, 0.3) is 0 Å². The number of nitrogens with one attached hydrogen (secondary N) is 1. The van der Waals surface area contributed by atoms with Crippen molar-refractivity contribution in [3.8, 4) is 11.8 Å². The van der Waals surface area contributed by atoms with Crippen molar-refractivity contribution in [2.45, 2.75) is 57.1 Å².